The molecule has 0 heterocycles. The Labute approximate surface area is 86.6 Å². The zero-order valence-corrected chi connectivity index (χ0v) is 9.31. The van der Waals surface area contributed by atoms with E-state index in [0.717, 1.165) is 6.42 Å². The molecule has 1 fully saturated rings. The topological polar surface area (TPSA) is 41.1 Å². The van der Waals surface area contributed by atoms with Crippen LogP contribution < -0.4 is 10.6 Å². The molecule has 3 nitrogen and oxygen atoms in total. The number of amides is 2. The van der Waals surface area contributed by atoms with Gasteiger partial charge in [-0.3, -0.25) is 0 Å². The molecule has 82 valence electrons. The van der Waals surface area contributed by atoms with E-state index in [1.807, 2.05) is 6.92 Å². The van der Waals surface area contributed by atoms with E-state index in [-0.39, 0.29) is 6.03 Å². The van der Waals surface area contributed by atoms with Crippen LogP contribution in [-0.4, -0.2) is 18.6 Å². The van der Waals surface area contributed by atoms with Crippen molar-refractivity contribution in [2.24, 2.45) is 5.92 Å². The molecule has 2 atom stereocenters. The summed E-state index contributed by atoms with van der Waals surface area (Å²) in [6, 6.07) is 0.401. The summed E-state index contributed by atoms with van der Waals surface area (Å²) in [5.74, 6) is 0.686. The fraction of sp³-hybridized carbons (Fsp3) is 0.909. The lowest BCUT2D eigenvalue weighted by Crippen LogP contribution is -2.46. The first-order valence-corrected chi connectivity index (χ1v) is 5.82. The maximum atomic E-state index is 11.4. The van der Waals surface area contributed by atoms with E-state index < -0.39 is 0 Å². The van der Waals surface area contributed by atoms with E-state index in [1.165, 1.54) is 25.7 Å². The van der Waals surface area contributed by atoms with Gasteiger partial charge in [-0.25, -0.2) is 4.79 Å². The van der Waals surface area contributed by atoms with E-state index in [4.69, 9.17) is 0 Å². The van der Waals surface area contributed by atoms with Crippen LogP contribution in [0, 0.1) is 5.92 Å². The second kappa shape index (κ2) is 5.89. The minimum atomic E-state index is -0.00199. The molecule has 0 bridgehead atoms. The summed E-state index contributed by atoms with van der Waals surface area (Å²) in [4.78, 5) is 11.4. The van der Waals surface area contributed by atoms with Crippen molar-refractivity contribution in [2.45, 2.75) is 52.0 Å². The molecule has 0 radical (unpaired) electrons. The van der Waals surface area contributed by atoms with E-state index in [9.17, 15) is 4.79 Å². The first kappa shape index (κ1) is 11.3. The van der Waals surface area contributed by atoms with Crippen LogP contribution in [0.15, 0.2) is 0 Å². The fourth-order valence-electron chi connectivity index (χ4n) is 2.27. The van der Waals surface area contributed by atoms with Gasteiger partial charge in [0.1, 0.15) is 0 Å². The predicted molar refractivity (Wildman–Crippen MR) is 58.2 cm³/mol. The van der Waals surface area contributed by atoms with Crippen molar-refractivity contribution >= 4 is 6.03 Å². The molecule has 0 saturated heterocycles. The highest BCUT2D eigenvalue weighted by atomic mass is 16.2. The summed E-state index contributed by atoms with van der Waals surface area (Å²) in [6.07, 6.45) is 6.18. The second-order valence-electron chi connectivity index (χ2n) is 4.06. The van der Waals surface area contributed by atoms with E-state index in [0.29, 0.717) is 18.5 Å². The SMILES string of the molecule is CCNC(=O)NC1CCCCC1CC. The van der Waals surface area contributed by atoms with Crippen LogP contribution in [0.1, 0.15) is 46.0 Å². The normalized spacial score (nSPS) is 27.0. The lowest BCUT2D eigenvalue weighted by Gasteiger charge is -2.31. The average molecular weight is 198 g/mol. The van der Waals surface area contributed by atoms with E-state index in [2.05, 4.69) is 17.6 Å². The number of urea groups is 1. The number of hydrogen-bond acceptors (Lipinski definition) is 1. The summed E-state index contributed by atoms with van der Waals surface area (Å²) in [6.45, 7) is 4.86. The third-order valence-corrected chi connectivity index (χ3v) is 3.09. The lowest BCUT2D eigenvalue weighted by atomic mass is 9.83. The molecule has 1 saturated carbocycles. The highest BCUT2D eigenvalue weighted by Gasteiger charge is 2.24. The van der Waals surface area contributed by atoms with Gasteiger partial charge in [0.25, 0.3) is 0 Å². The lowest BCUT2D eigenvalue weighted by molar-refractivity contribution is 0.216. The van der Waals surface area contributed by atoms with Gasteiger partial charge >= 0.3 is 6.03 Å². The molecule has 1 aliphatic carbocycles. The molecule has 0 aromatic heterocycles. The number of nitrogens with one attached hydrogen (secondary N) is 2. The van der Waals surface area contributed by atoms with Gasteiger partial charge in [0, 0.05) is 12.6 Å². The van der Waals surface area contributed by atoms with Crippen molar-refractivity contribution in [1.29, 1.82) is 0 Å². The van der Waals surface area contributed by atoms with Gasteiger partial charge in [0.15, 0.2) is 0 Å². The summed E-state index contributed by atoms with van der Waals surface area (Å²) < 4.78 is 0. The van der Waals surface area contributed by atoms with Gasteiger partial charge in [0.05, 0.1) is 0 Å². The number of rotatable bonds is 3. The Bertz CT molecular complexity index is 182. The Morgan fingerprint density at radius 2 is 2.00 bits per heavy atom. The molecule has 0 spiro atoms. The van der Waals surface area contributed by atoms with Crippen molar-refractivity contribution < 1.29 is 4.79 Å². The van der Waals surface area contributed by atoms with Crippen LogP contribution in [0.3, 0.4) is 0 Å². The summed E-state index contributed by atoms with van der Waals surface area (Å²) in [5.41, 5.74) is 0. The molecule has 3 heteroatoms. The largest absolute Gasteiger partial charge is 0.338 e. The molecular formula is C11H22N2O. The maximum Gasteiger partial charge on any atom is 0.315 e. The third kappa shape index (κ3) is 3.20. The zero-order valence-electron chi connectivity index (χ0n) is 9.31. The van der Waals surface area contributed by atoms with Crippen LogP contribution in [0.4, 0.5) is 4.79 Å². The molecule has 0 aromatic carbocycles. The van der Waals surface area contributed by atoms with Crippen molar-refractivity contribution in [3.8, 4) is 0 Å². The summed E-state index contributed by atoms with van der Waals surface area (Å²) >= 11 is 0. The van der Waals surface area contributed by atoms with Crippen molar-refractivity contribution in [2.75, 3.05) is 6.54 Å². The monoisotopic (exact) mass is 198 g/mol. The van der Waals surface area contributed by atoms with Crippen LogP contribution in [0.5, 0.6) is 0 Å². The van der Waals surface area contributed by atoms with E-state index >= 15 is 0 Å². The summed E-state index contributed by atoms with van der Waals surface area (Å²) in [5, 5.41) is 5.86. The minimum Gasteiger partial charge on any atom is -0.338 e. The molecule has 2 N–H and O–H groups in total. The average Bonchev–Trinajstić information content (AvgIpc) is 2.19. The Morgan fingerprint density at radius 3 is 2.64 bits per heavy atom. The molecule has 14 heavy (non-hydrogen) atoms. The van der Waals surface area contributed by atoms with Crippen molar-refractivity contribution in [3.05, 3.63) is 0 Å². The van der Waals surface area contributed by atoms with Crippen molar-refractivity contribution in [1.82, 2.24) is 10.6 Å². The smallest absolute Gasteiger partial charge is 0.315 e. The molecule has 0 aromatic rings. The Morgan fingerprint density at radius 1 is 1.29 bits per heavy atom. The maximum absolute atomic E-state index is 11.4. The number of carbonyl (C=O) groups excluding carboxylic acids is 1. The van der Waals surface area contributed by atoms with Gasteiger partial charge in [-0.15, -0.1) is 0 Å². The van der Waals surface area contributed by atoms with Crippen LogP contribution in [0.2, 0.25) is 0 Å². The fourth-order valence-corrected chi connectivity index (χ4v) is 2.27. The third-order valence-electron chi connectivity index (χ3n) is 3.09. The molecular weight excluding hydrogens is 176 g/mol. The van der Waals surface area contributed by atoms with Crippen LogP contribution in [0.25, 0.3) is 0 Å². The Kier molecular flexibility index (Phi) is 4.77. The first-order chi connectivity index (χ1) is 6.77. The number of hydrogen-bond donors (Lipinski definition) is 2. The molecule has 0 aliphatic heterocycles. The zero-order chi connectivity index (χ0) is 10.4. The van der Waals surface area contributed by atoms with Crippen LogP contribution in [-0.2, 0) is 0 Å². The van der Waals surface area contributed by atoms with E-state index in [1.54, 1.807) is 0 Å². The Balaban J connectivity index is 2.36. The van der Waals surface area contributed by atoms with Gasteiger partial charge in [0.2, 0.25) is 0 Å². The molecule has 1 rings (SSSR count). The van der Waals surface area contributed by atoms with Gasteiger partial charge in [-0.2, -0.15) is 0 Å². The molecule has 1 aliphatic rings. The number of carbonyl (C=O) groups is 1. The van der Waals surface area contributed by atoms with Crippen molar-refractivity contribution in [3.63, 3.8) is 0 Å². The highest BCUT2D eigenvalue weighted by molar-refractivity contribution is 5.74. The Hall–Kier alpha value is -0.730. The van der Waals surface area contributed by atoms with Gasteiger partial charge in [-0.1, -0.05) is 26.2 Å². The molecule has 2 amide bonds. The molecule has 2 unspecified atom stereocenters. The first-order valence-electron chi connectivity index (χ1n) is 5.82. The minimum absolute atomic E-state index is 0.00199. The quantitative estimate of drug-likeness (QED) is 0.717. The highest BCUT2D eigenvalue weighted by Crippen LogP contribution is 2.26. The predicted octanol–water partition coefficient (Wildman–Crippen LogP) is 2.27. The second-order valence-corrected chi connectivity index (χ2v) is 4.06. The summed E-state index contributed by atoms with van der Waals surface area (Å²) in [7, 11) is 0. The van der Waals surface area contributed by atoms with Gasteiger partial charge < -0.3 is 10.6 Å². The van der Waals surface area contributed by atoms with Gasteiger partial charge in [-0.05, 0) is 25.7 Å². The standard InChI is InChI=1S/C11H22N2O/c1-3-9-7-5-6-8-10(9)13-11(14)12-4-2/h9-10H,3-8H2,1-2H3,(H2,12,13,14). The van der Waals surface area contributed by atoms with Crippen LogP contribution >= 0.6 is 0 Å².